The van der Waals surface area contributed by atoms with Crippen molar-refractivity contribution in [1.29, 1.82) is 0 Å². The second-order valence-electron chi connectivity index (χ2n) is 7.84. The Morgan fingerprint density at radius 3 is 0.889 bits per heavy atom. The van der Waals surface area contributed by atoms with E-state index in [2.05, 4.69) is 0 Å². The van der Waals surface area contributed by atoms with Crippen molar-refractivity contribution in [3.05, 3.63) is 0 Å². The minimum Gasteiger partial charge on any atom is -0.343 e. The molecular weight excluding hydrogens is 528 g/mol. The van der Waals surface area contributed by atoms with Gasteiger partial charge in [-0.1, -0.05) is 0 Å². The molecule has 0 aliphatic heterocycles. The summed E-state index contributed by atoms with van der Waals surface area (Å²) in [4.78, 5) is 25.0. The third-order valence-electron chi connectivity index (χ3n) is 5.64. The predicted octanol–water partition coefficient (Wildman–Crippen LogP) is 6.10. The van der Waals surface area contributed by atoms with Crippen LogP contribution in [0.2, 0.25) is 0 Å². The Labute approximate surface area is 200 Å². The molecule has 0 saturated carbocycles. The maximum Gasteiger partial charge on any atom is 0.384 e. The van der Waals surface area contributed by atoms with Crippen LogP contribution in [-0.4, -0.2) is 83.3 Å². The van der Waals surface area contributed by atoms with Gasteiger partial charge in [-0.25, -0.2) is 0 Å². The molecule has 0 aromatic carbocycles. The smallest absolute Gasteiger partial charge is 0.343 e. The van der Waals surface area contributed by atoms with Crippen LogP contribution in [0.3, 0.4) is 0 Å². The molecule has 0 saturated heterocycles. The number of amides is 2. The van der Waals surface area contributed by atoms with Crippen LogP contribution in [0.4, 0.5) is 52.7 Å². The summed E-state index contributed by atoms with van der Waals surface area (Å²) in [6, 6.07) is 0. The van der Waals surface area contributed by atoms with Crippen molar-refractivity contribution in [2.24, 2.45) is 0 Å². The number of carbonyl (C=O) groups excluding carboxylic acids is 2. The highest BCUT2D eigenvalue weighted by molar-refractivity contribution is 5.76. The molecule has 0 aliphatic rings. The second kappa shape index (κ2) is 11.7. The van der Waals surface area contributed by atoms with Crippen molar-refractivity contribution in [1.82, 2.24) is 9.80 Å². The fraction of sp³-hybridized carbons (Fsp3) is 0.900. The van der Waals surface area contributed by atoms with Gasteiger partial charge in [-0.2, -0.15) is 52.7 Å². The minimum atomic E-state index is -7.70. The molecule has 0 fully saturated rings. The van der Waals surface area contributed by atoms with E-state index in [0.717, 1.165) is 9.80 Å². The van der Waals surface area contributed by atoms with Gasteiger partial charge in [0.2, 0.25) is 11.8 Å². The van der Waals surface area contributed by atoms with E-state index in [1.54, 1.807) is 0 Å². The lowest BCUT2D eigenvalue weighted by atomic mass is 9.88. The Hall–Kier alpha value is -1.90. The van der Waals surface area contributed by atoms with E-state index >= 15 is 0 Å². The zero-order chi connectivity index (χ0) is 29.0. The molecule has 0 aromatic heterocycles. The summed E-state index contributed by atoms with van der Waals surface area (Å²) < 4.78 is 168. The number of hydrogen-bond donors (Lipinski definition) is 0. The Balaban J connectivity index is 6.03. The van der Waals surface area contributed by atoms with Crippen molar-refractivity contribution in [2.45, 2.75) is 88.9 Å². The standard InChI is InChI=1S/C20H28F12N2O2/c1-5-33(6-2)13(35)9-11-15(21,22)17(25,26)19(29,30)20(31,32)18(27,28)16(23,24)12-10-14(36)34(7-3)8-4/h5-12H2,1-4H3. The number of halogens is 12. The SMILES string of the molecule is CCN(CC)C(=O)CCC(F)(F)C(F)(F)C(F)(F)C(F)(F)C(F)(F)C(F)(F)CCC(=O)N(CC)CC. The van der Waals surface area contributed by atoms with Gasteiger partial charge in [0.05, 0.1) is 0 Å². The average Bonchev–Trinajstić information content (AvgIpc) is 2.77. The largest absolute Gasteiger partial charge is 0.384 e. The van der Waals surface area contributed by atoms with Gasteiger partial charge < -0.3 is 9.80 Å². The minimum absolute atomic E-state index is 0.108. The Morgan fingerprint density at radius 1 is 0.472 bits per heavy atom. The summed E-state index contributed by atoms with van der Waals surface area (Å²) in [7, 11) is 0. The quantitative estimate of drug-likeness (QED) is 0.229. The zero-order valence-electron chi connectivity index (χ0n) is 19.9. The Morgan fingerprint density at radius 2 is 0.694 bits per heavy atom. The van der Waals surface area contributed by atoms with E-state index in [9.17, 15) is 62.3 Å². The summed E-state index contributed by atoms with van der Waals surface area (Å²) in [5, 5.41) is 0. The van der Waals surface area contributed by atoms with Crippen LogP contribution in [-0.2, 0) is 9.59 Å². The van der Waals surface area contributed by atoms with E-state index in [-0.39, 0.29) is 26.2 Å². The first-order valence-corrected chi connectivity index (χ1v) is 10.9. The molecular formula is C20H28F12N2O2. The molecule has 2 amide bonds. The van der Waals surface area contributed by atoms with Gasteiger partial charge in [0, 0.05) is 51.9 Å². The lowest BCUT2D eigenvalue weighted by molar-refractivity contribution is -0.425. The summed E-state index contributed by atoms with van der Waals surface area (Å²) >= 11 is 0. The van der Waals surface area contributed by atoms with Gasteiger partial charge >= 0.3 is 35.5 Å². The molecule has 0 radical (unpaired) electrons. The van der Waals surface area contributed by atoms with E-state index in [1.165, 1.54) is 27.7 Å². The van der Waals surface area contributed by atoms with E-state index in [0.29, 0.717) is 0 Å². The van der Waals surface area contributed by atoms with Crippen LogP contribution in [0.1, 0.15) is 53.4 Å². The van der Waals surface area contributed by atoms with Crippen LogP contribution in [0.15, 0.2) is 0 Å². The molecule has 0 rings (SSSR count). The fourth-order valence-electron chi connectivity index (χ4n) is 3.16. The maximum absolute atomic E-state index is 14.0. The van der Waals surface area contributed by atoms with Gasteiger partial charge in [-0.05, 0) is 27.7 Å². The van der Waals surface area contributed by atoms with Crippen molar-refractivity contribution in [2.75, 3.05) is 26.2 Å². The highest BCUT2D eigenvalue weighted by Gasteiger charge is 2.89. The lowest BCUT2D eigenvalue weighted by Gasteiger charge is -2.41. The number of nitrogens with zero attached hydrogens (tertiary/aromatic N) is 2. The molecule has 0 N–H and O–H groups in total. The highest BCUT2D eigenvalue weighted by atomic mass is 19.4. The zero-order valence-corrected chi connectivity index (χ0v) is 19.9. The van der Waals surface area contributed by atoms with Gasteiger partial charge in [0.1, 0.15) is 0 Å². The van der Waals surface area contributed by atoms with Gasteiger partial charge in [0.15, 0.2) is 0 Å². The van der Waals surface area contributed by atoms with Gasteiger partial charge in [-0.15, -0.1) is 0 Å². The van der Waals surface area contributed by atoms with Crippen molar-refractivity contribution < 1.29 is 62.3 Å². The van der Waals surface area contributed by atoms with Crippen LogP contribution in [0, 0.1) is 0 Å². The van der Waals surface area contributed by atoms with Crippen molar-refractivity contribution in [3.63, 3.8) is 0 Å². The molecule has 0 spiro atoms. The second-order valence-corrected chi connectivity index (χ2v) is 7.84. The first kappa shape index (κ1) is 34.1. The first-order chi connectivity index (χ1) is 16.1. The number of rotatable bonds is 15. The molecule has 214 valence electrons. The molecule has 0 unspecified atom stereocenters. The van der Waals surface area contributed by atoms with E-state index in [1.807, 2.05) is 0 Å². The van der Waals surface area contributed by atoms with E-state index < -0.39 is 73.0 Å². The maximum atomic E-state index is 14.0. The summed E-state index contributed by atoms with van der Waals surface area (Å²) in [6.45, 7) is 4.96. The molecule has 0 aromatic rings. The topological polar surface area (TPSA) is 40.6 Å². The van der Waals surface area contributed by atoms with Crippen molar-refractivity contribution >= 4 is 11.8 Å². The van der Waals surface area contributed by atoms with Crippen LogP contribution < -0.4 is 0 Å². The molecule has 16 heteroatoms. The lowest BCUT2D eigenvalue weighted by Crippen LogP contribution is -2.70. The predicted molar refractivity (Wildman–Crippen MR) is 104 cm³/mol. The van der Waals surface area contributed by atoms with E-state index in [4.69, 9.17) is 0 Å². The molecule has 4 nitrogen and oxygen atoms in total. The Kier molecular flexibility index (Phi) is 11.0. The normalized spacial score (nSPS) is 14.1. The average molecular weight is 556 g/mol. The molecule has 36 heavy (non-hydrogen) atoms. The van der Waals surface area contributed by atoms with Crippen LogP contribution >= 0.6 is 0 Å². The molecule has 0 heterocycles. The number of alkyl halides is 12. The van der Waals surface area contributed by atoms with Crippen LogP contribution in [0.25, 0.3) is 0 Å². The van der Waals surface area contributed by atoms with Gasteiger partial charge in [0.25, 0.3) is 0 Å². The van der Waals surface area contributed by atoms with Gasteiger partial charge in [-0.3, -0.25) is 9.59 Å². The summed E-state index contributed by atoms with van der Waals surface area (Å²) in [6.07, 6.45) is -8.01. The summed E-state index contributed by atoms with van der Waals surface area (Å²) in [5.74, 6) is -44.8. The van der Waals surface area contributed by atoms with Crippen LogP contribution in [0.5, 0.6) is 0 Å². The molecule has 0 atom stereocenters. The summed E-state index contributed by atoms with van der Waals surface area (Å²) in [5.41, 5.74) is 0. The van der Waals surface area contributed by atoms with Crippen molar-refractivity contribution in [3.8, 4) is 0 Å². The Bertz CT molecular complexity index is 689. The molecule has 0 aliphatic carbocycles. The monoisotopic (exact) mass is 556 g/mol. The fourth-order valence-corrected chi connectivity index (χ4v) is 3.16. The third-order valence-corrected chi connectivity index (χ3v) is 5.64. The number of carbonyl (C=O) groups is 2. The third kappa shape index (κ3) is 6.14. The first-order valence-electron chi connectivity index (χ1n) is 10.9. The molecule has 0 bridgehead atoms. The highest BCUT2D eigenvalue weighted by Crippen LogP contribution is 2.61. The number of hydrogen-bond acceptors (Lipinski definition) is 2.